The fraction of sp³-hybridized carbons (Fsp3) is 0.833. The van der Waals surface area contributed by atoms with E-state index in [1.54, 1.807) is 0 Å². The lowest BCUT2D eigenvalue weighted by molar-refractivity contribution is -0.0486. The molecule has 0 bridgehead atoms. The minimum Gasteiger partial charge on any atom is -0.381 e. The predicted molar refractivity (Wildman–Crippen MR) is 28.8 cm³/mol. The summed E-state index contributed by atoms with van der Waals surface area (Å²) in [5, 5.41) is 0. The van der Waals surface area contributed by atoms with Gasteiger partial charge in [0.2, 0.25) is 0 Å². The Morgan fingerprint density at radius 3 is 2.29 bits per heavy atom. The summed E-state index contributed by atoms with van der Waals surface area (Å²) < 4.78 is 4.96. The fourth-order valence-electron chi connectivity index (χ4n) is 0.582. The summed E-state index contributed by atoms with van der Waals surface area (Å²) >= 11 is 0. The molecule has 0 N–H and O–H groups in total. The van der Waals surface area contributed by atoms with Gasteiger partial charge in [0.1, 0.15) is 0 Å². The van der Waals surface area contributed by atoms with Crippen molar-refractivity contribution in [3.8, 4) is 0 Å². The van der Waals surface area contributed by atoms with Gasteiger partial charge in [-0.1, -0.05) is 13.8 Å². The molecule has 0 aromatic carbocycles. The molecule has 0 aromatic heterocycles. The van der Waals surface area contributed by atoms with Crippen LogP contribution in [0.3, 0.4) is 0 Å². The van der Waals surface area contributed by atoms with Crippen LogP contribution in [0.25, 0.3) is 0 Å². The van der Waals surface area contributed by atoms with Crippen molar-refractivity contribution in [1.82, 2.24) is 0 Å². The highest BCUT2D eigenvalue weighted by molar-refractivity contribution is 4.72. The highest BCUT2D eigenvalue weighted by Gasteiger charge is 2.20. The Balaban J connectivity index is 2.14. The van der Waals surface area contributed by atoms with E-state index in [4.69, 9.17) is 4.74 Å². The molecule has 7 heavy (non-hydrogen) atoms. The summed E-state index contributed by atoms with van der Waals surface area (Å²) in [6.45, 7) is 7.88. The topological polar surface area (TPSA) is 9.23 Å². The van der Waals surface area contributed by atoms with Crippen LogP contribution in [0.1, 0.15) is 6.92 Å². The van der Waals surface area contributed by atoms with E-state index in [0.29, 0.717) is 5.92 Å². The van der Waals surface area contributed by atoms with Crippen LogP contribution in [0.15, 0.2) is 0 Å². The number of rotatable bonds is 1. The molecule has 1 unspecified atom stereocenters. The van der Waals surface area contributed by atoms with Crippen LogP contribution in [0.5, 0.6) is 0 Å². The molecule has 1 aliphatic heterocycles. The van der Waals surface area contributed by atoms with Gasteiger partial charge in [-0.25, -0.2) is 0 Å². The van der Waals surface area contributed by atoms with Crippen LogP contribution >= 0.6 is 0 Å². The van der Waals surface area contributed by atoms with Crippen LogP contribution < -0.4 is 0 Å². The zero-order valence-corrected chi connectivity index (χ0v) is 4.68. The zero-order chi connectivity index (χ0) is 5.28. The van der Waals surface area contributed by atoms with E-state index in [9.17, 15) is 0 Å². The van der Waals surface area contributed by atoms with E-state index in [-0.39, 0.29) is 0 Å². The smallest absolute Gasteiger partial charge is 0.0519 e. The molecule has 1 atom stereocenters. The van der Waals surface area contributed by atoms with E-state index >= 15 is 0 Å². The van der Waals surface area contributed by atoms with E-state index < -0.39 is 0 Å². The second-order valence-corrected chi connectivity index (χ2v) is 2.27. The molecule has 0 aromatic rings. The molecule has 0 spiro atoms. The van der Waals surface area contributed by atoms with E-state index in [1.165, 1.54) is 0 Å². The molecular weight excluding hydrogens is 88.1 g/mol. The van der Waals surface area contributed by atoms with E-state index in [1.807, 2.05) is 0 Å². The largest absolute Gasteiger partial charge is 0.381 e. The summed E-state index contributed by atoms with van der Waals surface area (Å²) in [4.78, 5) is 0. The third-order valence-corrected chi connectivity index (χ3v) is 1.47. The number of ether oxygens (including phenoxy) is 1. The van der Waals surface area contributed by atoms with Gasteiger partial charge < -0.3 is 4.74 Å². The summed E-state index contributed by atoms with van der Waals surface area (Å²) in [6, 6.07) is 0. The van der Waals surface area contributed by atoms with Crippen molar-refractivity contribution in [3.05, 3.63) is 6.92 Å². The molecule has 0 aliphatic carbocycles. The summed E-state index contributed by atoms with van der Waals surface area (Å²) in [5.41, 5.74) is 0. The van der Waals surface area contributed by atoms with Crippen molar-refractivity contribution in [2.45, 2.75) is 6.92 Å². The van der Waals surface area contributed by atoms with Gasteiger partial charge in [0.25, 0.3) is 0 Å². The minimum atomic E-state index is 0.578. The first kappa shape index (κ1) is 5.10. The van der Waals surface area contributed by atoms with Crippen molar-refractivity contribution in [1.29, 1.82) is 0 Å². The second kappa shape index (κ2) is 1.83. The Morgan fingerprint density at radius 2 is 2.29 bits per heavy atom. The van der Waals surface area contributed by atoms with Crippen LogP contribution in [0.4, 0.5) is 0 Å². The maximum atomic E-state index is 4.96. The standard InChI is InChI=1S/C6H11O/c1-5(2)6-3-7-4-6/h5-6H,1,3-4H2,2H3. The van der Waals surface area contributed by atoms with Gasteiger partial charge in [-0.2, -0.15) is 0 Å². The van der Waals surface area contributed by atoms with Gasteiger partial charge in [-0.05, 0) is 5.92 Å². The van der Waals surface area contributed by atoms with Crippen molar-refractivity contribution in [2.24, 2.45) is 11.8 Å². The second-order valence-electron chi connectivity index (χ2n) is 2.27. The molecular formula is C6H11O. The quantitative estimate of drug-likeness (QED) is 0.478. The minimum absolute atomic E-state index is 0.578. The van der Waals surface area contributed by atoms with Gasteiger partial charge in [0.15, 0.2) is 0 Å². The first-order chi connectivity index (χ1) is 3.30. The Labute approximate surface area is 44.7 Å². The summed E-state index contributed by atoms with van der Waals surface area (Å²) in [5.74, 6) is 1.33. The number of hydrogen-bond acceptors (Lipinski definition) is 1. The van der Waals surface area contributed by atoms with Gasteiger partial charge >= 0.3 is 0 Å². The molecule has 0 saturated carbocycles. The highest BCUT2D eigenvalue weighted by Crippen LogP contribution is 2.18. The molecule has 1 nitrogen and oxygen atoms in total. The lowest BCUT2D eigenvalue weighted by atomic mass is 9.95. The van der Waals surface area contributed by atoms with Crippen molar-refractivity contribution in [2.75, 3.05) is 13.2 Å². The first-order valence-corrected chi connectivity index (χ1v) is 2.71. The van der Waals surface area contributed by atoms with E-state index in [2.05, 4.69) is 13.8 Å². The molecule has 41 valence electrons. The maximum absolute atomic E-state index is 4.96. The van der Waals surface area contributed by atoms with Crippen molar-refractivity contribution < 1.29 is 4.74 Å². The van der Waals surface area contributed by atoms with Gasteiger partial charge in [0, 0.05) is 5.92 Å². The van der Waals surface area contributed by atoms with Crippen LogP contribution in [0, 0.1) is 18.8 Å². The molecule has 0 amide bonds. The molecule has 1 aliphatic rings. The van der Waals surface area contributed by atoms with E-state index in [0.717, 1.165) is 19.1 Å². The Morgan fingerprint density at radius 1 is 1.71 bits per heavy atom. The summed E-state index contributed by atoms with van der Waals surface area (Å²) in [7, 11) is 0. The maximum Gasteiger partial charge on any atom is 0.0519 e. The third-order valence-electron chi connectivity index (χ3n) is 1.47. The molecule has 1 heteroatoms. The zero-order valence-electron chi connectivity index (χ0n) is 4.68. The normalized spacial score (nSPS) is 22.7. The Bertz CT molecular complexity index is 55.2. The Kier molecular flexibility index (Phi) is 1.33. The van der Waals surface area contributed by atoms with Crippen molar-refractivity contribution >= 4 is 0 Å². The third kappa shape index (κ3) is 0.942. The molecule has 1 heterocycles. The van der Waals surface area contributed by atoms with Crippen LogP contribution in [-0.4, -0.2) is 13.2 Å². The average Bonchev–Trinajstić information content (AvgIpc) is 1.23. The predicted octanol–water partition coefficient (Wildman–Crippen LogP) is 1.10. The average molecular weight is 99.2 g/mol. The first-order valence-electron chi connectivity index (χ1n) is 2.71. The molecule has 1 fully saturated rings. The lowest BCUT2D eigenvalue weighted by Gasteiger charge is -2.28. The molecule has 1 rings (SSSR count). The SMILES string of the molecule is [CH2]C(C)C1COC1. The van der Waals surface area contributed by atoms with Crippen LogP contribution in [-0.2, 0) is 4.74 Å². The molecule has 1 radical (unpaired) electrons. The van der Waals surface area contributed by atoms with Gasteiger partial charge in [-0.15, -0.1) is 0 Å². The van der Waals surface area contributed by atoms with Gasteiger partial charge in [-0.3, -0.25) is 0 Å². The van der Waals surface area contributed by atoms with Gasteiger partial charge in [0.05, 0.1) is 13.2 Å². The molecule has 1 saturated heterocycles. The lowest BCUT2D eigenvalue weighted by Crippen LogP contribution is -2.31. The van der Waals surface area contributed by atoms with Crippen LogP contribution in [0.2, 0.25) is 0 Å². The Hall–Kier alpha value is -0.0400. The fourth-order valence-corrected chi connectivity index (χ4v) is 0.582. The van der Waals surface area contributed by atoms with Crippen molar-refractivity contribution in [3.63, 3.8) is 0 Å². The summed E-state index contributed by atoms with van der Waals surface area (Å²) in [6.07, 6.45) is 0. The number of hydrogen-bond donors (Lipinski definition) is 0. The monoisotopic (exact) mass is 99.1 g/mol. The highest BCUT2D eigenvalue weighted by atomic mass is 16.5.